The van der Waals surface area contributed by atoms with Crippen LogP contribution in [0.25, 0.3) is 11.4 Å². The van der Waals surface area contributed by atoms with Crippen molar-refractivity contribution in [1.82, 2.24) is 20.2 Å². The molecule has 1 aromatic carbocycles. The van der Waals surface area contributed by atoms with Crippen molar-refractivity contribution in [2.75, 3.05) is 11.6 Å². The molecule has 27 heavy (non-hydrogen) atoms. The Morgan fingerprint density at radius 3 is 2.81 bits per heavy atom. The van der Waals surface area contributed by atoms with Crippen molar-refractivity contribution in [1.29, 1.82) is 0 Å². The van der Waals surface area contributed by atoms with Gasteiger partial charge in [0.1, 0.15) is 5.76 Å². The van der Waals surface area contributed by atoms with E-state index in [4.69, 9.17) is 33.5 Å². The number of nitrogens with two attached hydrogens (primary N) is 1. The monoisotopic (exact) mass is 425 g/mol. The molecule has 0 saturated carbocycles. The van der Waals surface area contributed by atoms with Crippen LogP contribution in [0.2, 0.25) is 10.0 Å². The number of amides is 1. The van der Waals surface area contributed by atoms with Crippen LogP contribution in [-0.4, -0.2) is 26.5 Å². The van der Waals surface area contributed by atoms with Gasteiger partial charge < -0.3 is 15.6 Å². The first-order valence-electron chi connectivity index (χ1n) is 7.99. The topological polar surface area (TPSA) is 99.0 Å². The molecule has 3 rings (SSSR count). The van der Waals surface area contributed by atoms with Crippen LogP contribution in [-0.2, 0) is 4.79 Å². The van der Waals surface area contributed by atoms with Gasteiger partial charge in [0.15, 0.2) is 5.82 Å². The minimum Gasteiger partial charge on any atom is -0.469 e. The summed E-state index contributed by atoms with van der Waals surface area (Å²) in [5.41, 5.74) is 1.55. The van der Waals surface area contributed by atoms with Gasteiger partial charge in [-0.3, -0.25) is 4.79 Å². The number of rotatable bonds is 6. The second kappa shape index (κ2) is 8.24. The molecule has 1 unspecified atom stereocenters. The third kappa shape index (κ3) is 4.40. The van der Waals surface area contributed by atoms with Gasteiger partial charge in [-0.25, -0.2) is 4.68 Å². The molecule has 3 aromatic rings. The molecule has 2 heterocycles. The van der Waals surface area contributed by atoms with Crippen molar-refractivity contribution in [3.8, 4) is 11.4 Å². The first kappa shape index (κ1) is 19.6. The van der Waals surface area contributed by atoms with Crippen LogP contribution in [0.4, 0.5) is 0 Å². The van der Waals surface area contributed by atoms with E-state index < -0.39 is 0 Å². The predicted molar refractivity (Wildman–Crippen MR) is 106 cm³/mol. The van der Waals surface area contributed by atoms with Gasteiger partial charge in [-0.2, -0.15) is 0 Å². The highest BCUT2D eigenvalue weighted by atomic mass is 35.5. The summed E-state index contributed by atoms with van der Waals surface area (Å²) in [7, 11) is 0. The van der Waals surface area contributed by atoms with Crippen molar-refractivity contribution in [2.24, 2.45) is 0 Å². The zero-order valence-corrected chi connectivity index (χ0v) is 16.9. The van der Waals surface area contributed by atoms with Crippen molar-refractivity contribution in [3.63, 3.8) is 0 Å². The van der Waals surface area contributed by atoms with Crippen molar-refractivity contribution < 1.29 is 9.21 Å². The van der Waals surface area contributed by atoms with Crippen LogP contribution in [0.5, 0.6) is 0 Å². The van der Waals surface area contributed by atoms with Gasteiger partial charge in [0.2, 0.25) is 11.1 Å². The second-order valence-corrected chi connectivity index (χ2v) is 7.60. The molecule has 0 fully saturated rings. The highest BCUT2D eigenvalue weighted by Gasteiger charge is 2.18. The zero-order chi connectivity index (χ0) is 19.6. The van der Waals surface area contributed by atoms with Gasteiger partial charge in [0, 0.05) is 10.0 Å². The van der Waals surface area contributed by atoms with E-state index in [0.29, 0.717) is 26.8 Å². The average Bonchev–Trinajstić information content (AvgIpc) is 3.18. The zero-order valence-electron chi connectivity index (χ0n) is 14.6. The number of hydrogen-bond donors (Lipinski definition) is 2. The third-order valence-electron chi connectivity index (χ3n) is 3.90. The average molecular weight is 426 g/mol. The van der Waals surface area contributed by atoms with Crippen LogP contribution in [0.15, 0.2) is 40.1 Å². The van der Waals surface area contributed by atoms with E-state index in [1.807, 2.05) is 13.8 Å². The fourth-order valence-electron chi connectivity index (χ4n) is 2.52. The van der Waals surface area contributed by atoms with Gasteiger partial charge in [-0.15, -0.1) is 10.2 Å². The van der Waals surface area contributed by atoms with Crippen LogP contribution in [0.1, 0.15) is 24.3 Å². The Morgan fingerprint density at radius 2 is 2.15 bits per heavy atom. The van der Waals surface area contributed by atoms with E-state index in [1.165, 1.54) is 16.4 Å². The van der Waals surface area contributed by atoms with E-state index in [2.05, 4.69) is 15.5 Å². The number of nitrogens with one attached hydrogen (secondary N) is 1. The van der Waals surface area contributed by atoms with Crippen molar-refractivity contribution >= 4 is 40.9 Å². The van der Waals surface area contributed by atoms with Gasteiger partial charge in [0.25, 0.3) is 0 Å². The van der Waals surface area contributed by atoms with E-state index in [9.17, 15) is 4.79 Å². The Morgan fingerprint density at radius 1 is 1.37 bits per heavy atom. The molecular weight excluding hydrogens is 409 g/mol. The largest absolute Gasteiger partial charge is 0.469 e. The summed E-state index contributed by atoms with van der Waals surface area (Å²) in [6, 6.07) is 6.67. The quantitative estimate of drug-likeness (QED) is 0.459. The standard InChI is InChI=1S/C17H17Cl2N5O2S/c1-9(12-4-3-11(18)7-14(12)19)21-15(25)8-27-17-23-22-16(24(17)20)13-5-6-26-10(13)2/h3-7,9H,8,20H2,1-2H3,(H,21,25). The van der Waals surface area contributed by atoms with Crippen LogP contribution < -0.4 is 11.2 Å². The number of halogens is 2. The fraction of sp³-hybridized carbons (Fsp3) is 0.235. The molecule has 0 radical (unpaired) electrons. The van der Waals surface area contributed by atoms with Crippen molar-refractivity contribution in [3.05, 3.63) is 51.9 Å². The molecule has 142 valence electrons. The van der Waals surface area contributed by atoms with E-state index in [0.717, 1.165) is 11.1 Å². The van der Waals surface area contributed by atoms with Crippen LogP contribution in [0, 0.1) is 6.92 Å². The second-order valence-electron chi connectivity index (χ2n) is 5.81. The molecule has 0 bridgehead atoms. The summed E-state index contributed by atoms with van der Waals surface area (Å²) in [6.45, 7) is 3.66. The lowest BCUT2D eigenvalue weighted by molar-refractivity contribution is -0.119. The number of nitrogens with zero attached hydrogens (tertiary/aromatic N) is 3. The maximum Gasteiger partial charge on any atom is 0.230 e. The smallest absolute Gasteiger partial charge is 0.230 e. The number of aryl methyl sites for hydroxylation is 1. The minimum absolute atomic E-state index is 0.134. The fourth-order valence-corrected chi connectivity index (χ4v) is 3.76. The summed E-state index contributed by atoms with van der Waals surface area (Å²) >= 11 is 13.3. The maximum absolute atomic E-state index is 12.3. The lowest BCUT2D eigenvalue weighted by Crippen LogP contribution is -2.28. The number of aromatic nitrogens is 3. The number of benzene rings is 1. The maximum atomic E-state index is 12.3. The predicted octanol–water partition coefficient (Wildman–Crippen LogP) is 3.84. The van der Waals surface area contributed by atoms with Crippen LogP contribution in [0.3, 0.4) is 0 Å². The Labute approximate surface area is 170 Å². The van der Waals surface area contributed by atoms with Crippen LogP contribution >= 0.6 is 35.0 Å². The first-order valence-corrected chi connectivity index (χ1v) is 9.73. The Kier molecular flexibility index (Phi) is 5.98. The molecule has 0 aliphatic heterocycles. The molecule has 0 spiro atoms. The summed E-state index contributed by atoms with van der Waals surface area (Å²) in [5.74, 6) is 7.17. The first-order chi connectivity index (χ1) is 12.9. The van der Waals surface area contributed by atoms with Gasteiger partial charge in [0.05, 0.1) is 23.6 Å². The number of hydrogen-bond acceptors (Lipinski definition) is 6. The van der Waals surface area contributed by atoms with E-state index in [-0.39, 0.29) is 17.7 Å². The number of carbonyl (C=O) groups excluding carboxylic acids is 1. The molecule has 1 amide bonds. The molecule has 0 aliphatic carbocycles. The Balaban J connectivity index is 1.61. The SMILES string of the molecule is Cc1occc1-c1nnc(SCC(=O)NC(C)c2ccc(Cl)cc2Cl)n1N. The minimum atomic E-state index is -0.261. The van der Waals surface area contributed by atoms with E-state index in [1.54, 1.807) is 30.5 Å². The number of nitrogen functional groups attached to an aromatic ring is 1. The number of furan rings is 1. The Hall–Kier alpha value is -2.16. The lowest BCUT2D eigenvalue weighted by Gasteiger charge is -2.15. The van der Waals surface area contributed by atoms with Gasteiger partial charge in [-0.1, -0.05) is 41.0 Å². The van der Waals surface area contributed by atoms with Gasteiger partial charge in [-0.05, 0) is 37.6 Å². The normalized spacial score (nSPS) is 12.1. The number of carbonyl (C=O) groups is 1. The highest BCUT2D eigenvalue weighted by molar-refractivity contribution is 7.99. The van der Waals surface area contributed by atoms with Gasteiger partial charge >= 0.3 is 0 Å². The molecule has 0 aliphatic rings. The lowest BCUT2D eigenvalue weighted by atomic mass is 10.1. The summed E-state index contributed by atoms with van der Waals surface area (Å²) in [5, 5.41) is 12.5. The number of thioether (sulfide) groups is 1. The highest BCUT2D eigenvalue weighted by Crippen LogP contribution is 2.27. The Bertz CT molecular complexity index is 972. The molecule has 0 saturated heterocycles. The molecule has 10 heteroatoms. The molecule has 3 N–H and O–H groups in total. The van der Waals surface area contributed by atoms with E-state index >= 15 is 0 Å². The molecule has 7 nitrogen and oxygen atoms in total. The molecular formula is C17H17Cl2N5O2S. The summed E-state index contributed by atoms with van der Waals surface area (Å²) in [6.07, 6.45) is 1.56. The summed E-state index contributed by atoms with van der Waals surface area (Å²) < 4.78 is 6.60. The molecule has 2 aromatic heterocycles. The van der Waals surface area contributed by atoms with Crippen molar-refractivity contribution in [2.45, 2.75) is 25.0 Å². The molecule has 1 atom stereocenters. The summed E-state index contributed by atoms with van der Waals surface area (Å²) in [4.78, 5) is 12.3. The third-order valence-corrected chi connectivity index (χ3v) is 5.41.